The van der Waals surface area contributed by atoms with Gasteiger partial charge in [0.15, 0.2) is 0 Å². The standard InChI is InChI=1S/C12H9F4N3O/c1-6-5-18-11(17)19-10(6)20-7-2-3-9(13)8(4-7)12(14,15)16/h2-5H,1H3,(H2,17,18,19). The van der Waals surface area contributed by atoms with Crippen LogP contribution in [0.3, 0.4) is 0 Å². The van der Waals surface area contributed by atoms with Crippen LogP contribution in [0.4, 0.5) is 23.5 Å². The molecule has 0 amide bonds. The number of anilines is 1. The lowest BCUT2D eigenvalue weighted by Gasteiger charge is -2.11. The molecule has 0 aliphatic carbocycles. The fourth-order valence-electron chi connectivity index (χ4n) is 1.44. The van der Waals surface area contributed by atoms with Crippen molar-refractivity contribution in [2.24, 2.45) is 0 Å². The van der Waals surface area contributed by atoms with E-state index in [4.69, 9.17) is 10.5 Å². The zero-order valence-electron chi connectivity index (χ0n) is 10.2. The Kier molecular flexibility index (Phi) is 3.47. The molecule has 2 rings (SSSR count). The number of aryl methyl sites for hydroxylation is 1. The van der Waals surface area contributed by atoms with Gasteiger partial charge in [0.2, 0.25) is 11.8 Å². The molecule has 1 heterocycles. The van der Waals surface area contributed by atoms with Crippen LogP contribution in [0.25, 0.3) is 0 Å². The van der Waals surface area contributed by atoms with Gasteiger partial charge in [-0.2, -0.15) is 18.2 Å². The second-order valence-electron chi connectivity index (χ2n) is 3.96. The number of benzene rings is 1. The highest BCUT2D eigenvalue weighted by molar-refractivity contribution is 5.37. The third kappa shape index (κ3) is 2.95. The molecule has 8 heteroatoms. The molecular weight excluding hydrogens is 278 g/mol. The molecule has 20 heavy (non-hydrogen) atoms. The van der Waals surface area contributed by atoms with Gasteiger partial charge in [-0.05, 0) is 25.1 Å². The highest BCUT2D eigenvalue weighted by Crippen LogP contribution is 2.34. The van der Waals surface area contributed by atoms with Gasteiger partial charge < -0.3 is 10.5 Å². The van der Waals surface area contributed by atoms with E-state index in [1.54, 1.807) is 6.92 Å². The monoisotopic (exact) mass is 287 g/mol. The number of hydrogen-bond donors (Lipinski definition) is 1. The lowest BCUT2D eigenvalue weighted by atomic mass is 10.2. The van der Waals surface area contributed by atoms with Crippen molar-refractivity contribution < 1.29 is 22.3 Å². The van der Waals surface area contributed by atoms with E-state index in [9.17, 15) is 17.6 Å². The van der Waals surface area contributed by atoms with E-state index in [-0.39, 0.29) is 17.6 Å². The molecule has 0 aliphatic rings. The van der Waals surface area contributed by atoms with Crippen molar-refractivity contribution in [3.05, 3.63) is 41.3 Å². The number of alkyl halides is 3. The maximum Gasteiger partial charge on any atom is 0.419 e. The summed E-state index contributed by atoms with van der Waals surface area (Å²) in [5.41, 5.74) is 4.44. The first-order valence-electron chi connectivity index (χ1n) is 5.41. The highest BCUT2D eigenvalue weighted by atomic mass is 19.4. The predicted molar refractivity (Wildman–Crippen MR) is 62.7 cm³/mol. The zero-order chi connectivity index (χ0) is 14.9. The summed E-state index contributed by atoms with van der Waals surface area (Å²) in [4.78, 5) is 7.45. The molecule has 2 aromatic rings. The average molecular weight is 287 g/mol. The Morgan fingerprint density at radius 3 is 2.60 bits per heavy atom. The molecule has 0 saturated carbocycles. The summed E-state index contributed by atoms with van der Waals surface area (Å²) in [6.45, 7) is 1.60. The molecule has 0 atom stereocenters. The number of rotatable bonds is 2. The molecule has 0 bridgehead atoms. The van der Waals surface area contributed by atoms with Crippen LogP contribution in [0, 0.1) is 12.7 Å². The molecule has 1 aromatic heterocycles. The second kappa shape index (κ2) is 4.95. The smallest absolute Gasteiger partial charge is 0.419 e. The normalized spacial score (nSPS) is 11.4. The quantitative estimate of drug-likeness (QED) is 0.861. The van der Waals surface area contributed by atoms with Crippen molar-refractivity contribution in [3.8, 4) is 11.6 Å². The van der Waals surface area contributed by atoms with E-state index in [2.05, 4.69) is 9.97 Å². The SMILES string of the molecule is Cc1cnc(N)nc1Oc1ccc(F)c(C(F)(F)F)c1. The fraction of sp³-hybridized carbons (Fsp3) is 0.167. The molecule has 0 unspecified atom stereocenters. The molecule has 0 fully saturated rings. The molecule has 0 spiro atoms. The van der Waals surface area contributed by atoms with Gasteiger partial charge in [-0.1, -0.05) is 0 Å². The van der Waals surface area contributed by atoms with Crippen LogP contribution in [0.2, 0.25) is 0 Å². The summed E-state index contributed by atoms with van der Waals surface area (Å²) in [5.74, 6) is -1.63. The average Bonchev–Trinajstić information content (AvgIpc) is 2.35. The minimum atomic E-state index is -4.80. The predicted octanol–water partition coefficient (Wildman–Crippen LogP) is 3.32. The van der Waals surface area contributed by atoms with Crippen LogP contribution in [0.1, 0.15) is 11.1 Å². The lowest BCUT2D eigenvalue weighted by Crippen LogP contribution is -2.08. The largest absolute Gasteiger partial charge is 0.439 e. The summed E-state index contributed by atoms with van der Waals surface area (Å²) < 4.78 is 56.0. The summed E-state index contributed by atoms with van der Waals surface area (Å²) in [7, 11) is 0. The van der Waals surface area contributed by atoms with Crippen LogP contribution in [-0.4, -0.2) is 9.97 Å². The van der Waals surface area contributed by atoms with Crippen molar-refractivity contribution in [1.82, 2.24) is 9.97 Å². The minimum absolute atomic E-state index is 0.0113. The van der Waals surface area contributed by atoms with Gasteiger partial charge in [-0.3, -0.25) is 0 Å². The molecule has 2 N–H and O–H groups in total. The zero-order valence-corrected chi connectivity index (χ0v) is 10.2. The fourth-order valence-corrected chi connectivity index (χ4v) is 1.44. The van der Waals surface area contributed by atoms with Crippen LogP contribution in [-0.2, 0) is 6.18 Å². The molecule has 106 valence electrons. The maximum absolute atomic E-state index is 13.1. The third-order valence-corrected chi connectivity index (χ3v) is 2.40. The Morgan fingerprint density at radius 2 is 1.95 bits per heavy atom. The summed E-state index contributed by atoms with van der Waals surface area (Å²) in [5, 5.41) is 0. The topological polar surface area (TPSA) is 61.0 Å². The highest BCUT2D eigenvalue weighted by Gasteiger charge is 2.34. The van der Waals surface area contributed by atoms with Crippen LogP contribution < -0.4 is 10.5 Å². The maximum atomic E-state index is 13.1. The second-order valence-corrected chi connectivity index (χ2v) is 3.96. The first-order valence-corrected chi connectivity index (χ1v) is 5.41. The van der Waals surface area contributed by atoms with Crippen molar-refractivity contribution in [1.29, 1.82) is 0 Å². The molecule has 4 nitrogen and oxygen atoms in total. The summed E-state index contributed by atoms with van der Waals surface area (Å²) in [6, 6.07) is 2.31. The van der Waals surface area contributed by atoms with Gasteiger partial charge in [-0.15, -0.1) is 0 Å². The third-order valence-electron chi connectivity index (χ3n) is 2.40. The Morgan fingerprint density at radius 1 is 1.25 bits per heavy atom. The van der Waals surface area contributed by atoms with Crippen LogP contribution >= 0.6 is 0 Å². The number of hydrogen-bond acceptors (Lipinski definition) is 4. The van der Waals surface area contributed by atoms with Crippen LogP contribution in [0.15, 0.2) is 24.4 Å². The molecular formula is C12H9F4N3O. The molecule has 0 saturated heterocycles. The van der Waals surface area contributed by atoms with Gasteiger partial charge in [-0.25, -0.2) is 9.37 Å². The number of nitrogens with zero attached hydrogens (tertiary/aromatic N) is 2. The number of nitrogens with two attached hydrogens (primary N) is 1. The Balaban J connectivity index is 2.37. The Labute approximate surface area is 111 Å². The van der Waals surface area contributed by atoms with E-state index in [0.717, 1.165) is 6.07 Å². The first kappa shape index (κ1) is 14.0. The number of nitrogen functional groups attached to an aromatic ring is 1. The lowest BCUT2D eigenvalue weighted by molar-refractivity contribution is -0.140. The number of ether oxygens (including phenoxy) is 1. The van der Waals surface area contributed by atoms with Gasteiger partial charge >= 0.3 is 6.18 Å². The van der Waals surface area contributed by atoms with Crippen molar-refractivity contribution in [3.63, 3.8) is 0 Å². The summed E-state index contributed by atoms with van der Waals surface area (Å²) >= 11 is 0. The van der Waals surface area contributed by atoms with E-state index in [1.165, 1.54) is 6.20 Å². The van der Waals surface area contributed by atoms with Gasteiger partial charge in [0, 0.05) is 11.8 Å². The van der Waals surface area contributed by atoms with Crippen molar-refractivity contribution in [2.45, 2.75) is 13.1 Å². The Hall–Kier alpha value is -2.38. The van der Waals surface area contributed by atoms with E-state index < -0.39 is 17.6 Å². The molecule has 0 radical (unpaired) electrons. The molecule has 0 aliphatic heterocycles. The van der Waals surface area contributed by atoms with Gasteiger partial charge in [0.1, 0.15) is 11.6 Å². The van der Waals surface area contributed by atoms with Crippen LogP contribution in [0.5, 0.6) is 11.6 Å². The van der Waals surface area contributed by atoms with Gasteiger partial charge in [0.05, 0.1) is 5.56 Å². The van der Waals surface area contributed by atoms with E-state index >= 15 is 0 Å². The Bertz CT molecular complexity index is 643. The minimum Gasteiger partial charge on any atom is -0.439 e. The van der Waals surface area contributed by atoms with E-state index in [0.29, 0.717) is 17.7 Å². The van der Waals surface area contributed by atoms with Crippen molar-refractivity contribution in [2.75, 3.05) is 5.73 Å². The number of aromatic nitrogens is 2. The van der Waals surface area contributed by atoms with Crippen molar-refractivity contribution >= 4 is 5.95 Å². The van der Waals surface area contributed by atoms with E-state index in [1.807, 2.05) is 0 Å². The number of halogens is 4. The first-order chi connectivity index (χ1) is 9.27. The molecule has 1 aromatic carbocycles. The van der Waals surface area contributed by atoms with Gasteiger partial charge in [0.25, 0.3) is 0 Å². The summed E-state index contributed by atoms with van der Waals surface area (Å²) in [6.07, 6.45) is -3.44.